The van der Waals surface area contributed by atoms with Crippen molar-refractivity contribution in [1.29, 1.82) is 0 Å². The van der Waals surface area contributed by atoms with Crippen molar-refractivity contribution in [3.05, 3.63) is 71.8 Å². The van der Waals surface area contributed by atoms with Crippen molar-refractivity contribution in [2.24, 2.45) is 0 Å². The van der Waals surface area contributed by atoms with Crippen molar-refractivity contribution in [2.45, 2.75) is 57.4 Å². The number of hydrogen-bond donors (Lipinski definition) is 1. The highest BCUT2D eigenvalue weighted by atomic mass is 15.2. The Morgan fingerprint density at radius 2 is 1.52 bits per heavy atom. The van der Waals surface area contributed by atoms with Gasteiger partial charge in [-0.2, -0.15) is 0 Å². The first-order chi connectivity index (χ1) is 13.3. The van der Waals surface area contributed by atoms with Crippen molar-refractivity contribution < 1.29 is 0 Å². The fourth-order valence-corrected chi connectivity index (χ4v) is 4.94. The zero-order valence-electron chi connectivity index (χ0n) is 17.2. The van der Waals surface area contributed by atoms with Crippen LogP contribution in [0.25, 0.3) is 0 Å². The van der Waals surface area contributed by atoms with Crippen LogP contribution in [0.4, 0.5) is 0 Å². The van der Waals surface area contributed by atoms with Gasteiger partial charge in [0.05, 0.1) is 0 Å². The summed E-state index contributed by atoms with van der Waals surface area (Å²) in [7, 11) is 0. The minimum absolute atomic E-state index is 0.0386. The third kappa shape index (κ3) is 4.44. The van der Waals surface area contributed by atoms with Crippen LogP contribution < -0.4 is 5.32 Å². The maximum atomic E-state index is 3.72. The highest BCUT2D eigenvalue weighted by molar-refractivity contribution is 5.42. The summed E-state index contributed by atoms with van der Waals surface area (Å²) in [6, 6.07) is 23.0. The average Bonchev–Trinajstić information content (AvgIpc) is 2.74. The number of nitrogens with one attached hydrogen (secondary N) is 1. The summed E-state index contributed by atoms with van der Waals surface area (Å²) >= 11 is 0. The number of benzene rings is 2. The van der Waals surface area contributed by atoms with Crippen LogP contribution in [0.15, 0.2) is 60.7 Å². The SMILES string of the molecule is CCCCCN1CCNCC1C(CCC)(c1ccccc1)c1ccccc1. The molecule has 2 nitrogen and oxygen atoms in total. The van der Waals surface area contributed by atoms with Crippen LogP contribution in [-0.2, 0) is 5.41 Å². The van der Waals surface area contributed by atoms with E-state index in [1.165, 1.54) is 49.8 Å². The normalized spacial score (nSPS) is 18.5. The van der Waals surface area contributed by atoms with Gasteiger partial charge in [-0.25, -0.2) is 0 Å². The average molecular weight is 365 g/mol. The Kier molecular flexibility index (Phi) is 7.49. The summed E-state index contributed by atoms with van der Waals surface area (Å²) in [5.41, 5.74) is 2.97. The van der Waals surface area contributed by atoms with E-state index in [0.29, 0.717) is 6.04 Å². The zero-order valence-corrected chi connectivity index (χ0v) is 17.2. The first kappa shape index (κ1) is 20.1. The molecule has 0 spiro atoms. The fraction of sp³-hybridized carbons (Fsp3) is 0.520. The Bertz CT molecular complexity index is 613. The van der Waals surface area contributed by atoms with Crippen molar-refractivity contribution in [3.63, 3.8) is 0 Å². The Hall–Kier alpha value is -1.64. The lowest BCUT2D eigenvalue weighted by molar-refractivity contribution is 0.0995. The molecule has 0 aromatic heterocycles. The minimum Gasteiger partial charge on any atom is -0.314 e. The molecule has 1 aliphatic heterocycles. The highest BCUT2D eigenvalue weighted by Crippen LogP contribution is 2.42. The molecule has 27 heavy (non-hydrogen) atoms. The van der Waals surface area contributed by atoms with Gasteiger partial charge in [-0.1, -0.05) is 93.8 Å². The fourth-order valence-electron chi connectivity index (χ4n) is 4.94. The number of hydrogen-bond acceptors (Lipinski definition) is 2. The van der Waals surface area contributed by atoms with Gasteiger partial charge >= 0.3 is 0 Å². The number of rotatable bonds is 9. The Morgan fingerprint density at radius 1 is 0.889 bits per heavy atom. The zero-order chi connectivity index (χ0) is 19.0. The molecule has 1 fully saturated rings. The first-order valence-electron chi connectivity index (χ1n) is 10.9. The largest absolute Gasteiger partial charge is 0.314 e. The van der Waals surface area contributed by atoms with Gasteiger partial charge in [0, 0.05) is 31.1 Å². The summed E-state index contributed by atoms with van der Waals surface area (Å²) in [5, 5.41) is 3.72. The molecule has 1 aliphatic rings. The molecule has 0 saturated carbocycles. The molecule has 0 aliphatic carbocycles. The Morgan fingerprint density at radius 3 is 2.07 bits per heavy atom. The van der Waals surface area contributed by atoms with Crippen LogP contribution in [0.1, 0.15) is 57.1 Å². The summed E-state index contributed by atoms with van der Waals surface area (Å²) < 4.78 is 0. The van der Waals surface area contributed by atoms with Crippen LogP contribution in [0.3, 0.4) is 0 Å². The maximum absolute atomic E-state index is 3.72. The van der Waals surface area contributed by atoms with Crippen LogP contribution in [0.2, 0.25) is 0 Å². The van der Waals surface area contributed by atoms with E-state index in [1.54, 1.807) is 0 Å². The van der Waals surface area contributed by atoms with E-state index in [4.69, 9.17) is 0 Å². The van der Waals surface area contributed by atoms with E-state index in [-0.39, 0.29) is 5.41 Å². The quantitative estimate of drug-likeness (QED) is 0.612. The van der Waals surface area contributed by atoms with E-state index in [9.17, 15) is 0 Å². The lowest BCUT2D eigenvalue weighted by Gasteiger charge is -2.50. The highest BCUT2D eigenvalue weighted by Gasteiger charge is 2.44. The van der Waals surface area contributed by atoms with Gasteiger partial charge in [0.1, 0.15) is 0 Å². The molecule has 0 bridgehead atoms. The molecule has 0 amide bonds. The topological polar surface area (TPSA) is 15.3 Å². The molecule has 2 aromatic rings. The van der Waals surface area contributed by atoms with E-state index in [2.05, 4.69) is 84.7 Å². The number of unbranched alkanes of at least 4 members (excludes halogenated alkanes) is 2. The van der Waals surface area contributed by atoms with Gasteiger partial charge in [0.15, 0.2) is 0 Å². The van der Waals surface area contributed by atoms with Gasteiger partial charge in [-0.3, -0.25) is 4.90 Å². The summed E-state index contributed by atoms with van der Waals surface area (Å²) in [5.74, 6) is 0. The molecule has 1 heterocycles. The van der Waals surface area contributed by atoms with Gasteiger partial charge < -0.3 is 5.32 Å². The monoisotopic (exact) mass is 364 g/mol. The lowest BCUT2D eigenvalue weighted by Crippen LogP contribution is -2.61. The van der Waals surface area contributed by atoms with Crippen molar-refractivity contribution in [1.82, 2.24) is 10.2 Å². The van der Waals surface area contributed by atoms with Gasteiger partial charge in [-0.15, -0.1) is 0 Å². The smallest absolute Gasteiger partial charge is 0.0370 e. The lowest BCUT2D eigenvalue weighted by atomic mass is 9.65. The third-order valence-electron chi connectivity index (χ3n) is 6.19. The van der Waals surface area contributed by atoms with E-state index < -0.39 is 0 Å². The van der Waals surface area contributed by atoms with Crippen LogP contribution in [0, 0.1) is 0 Å². The second-order valence-electron chi connectivity index (χ2n) is 7.92. The predicted octanol–water partition coefficient (Wildman–Crippen LogP) is 5.24. The van der Waals surface area contributed by atoms with E-state index in [1.807, 2.05) is 0 Å². The van der Waals surface area contributed by atoms with Gasteiger partial charge in [-0.05, 0) is 30.5 Å². The summed E-state index contributed by atoms with van der Waals surface area (Å²) in [4.78, 5) is 2.78. The molecule has 2 heteroatoms. The van der Waals surface area contributed by atoms with Crippen LogP contribution in [-0.4, -0.2) is 37.1 Å². The van der Waals surface area contributed by atoms with E-state index >= 15 is 0 Å². The van der Waals surface area contributed by atoms with Crippen LogP contribution >= 0.6 is 0 Å². The second kappa shape index (κ2) is 10.1. The number of piperazine rings is 1. The number of nitrogens with zero attached hydrogens (tertiary/aromatic N) is 1. The summed E-state index contributed by atoms with van der Waals surface area (Å²) in [6.45, 7) is 9.16. The van der Waals surface area contributed by atoms with Gasteiger partial charge in [0.25, 0.3) is 0 Å². The van der Waals surface area contributed by atoms with Gasteiger partial charge in [0.2, 0.25) is 0 Å². The van der Waals surface area contributed by atoms with Crippen LogP contribution in [0.5, 0.6) is 0 Å². The molecule has 1 saturated heterocycles. The molecular weight excluding hydrogens is 328 g/mol. The van der Waals surface area contributed by atoms with Crippen molar-refractivity contribution in [3.8, 4) is 0 Å². The minimum atomic E-state index is 0.0386. The predicted molar refractivity (Wildman–Crippen MR) is 116 cm³/mol. The van der Waals surface area contributed by atoms with Crippen molar-refractivity contribution >= 4 is 0 Å². The Labute approximate surface area is 166 Å². The molecule has 2 aromatic carbocycles. The molecule has 0 radical (unpaired) electrons. The molecule has 3 rings (SSSR count). The molecule has 1 N–H and O–H groups in total. The van der Waals surface area contributed by atoms with Crippen molar-refractivity contribution in [2.75, 3.05) is 26.2 Å². The standard InChI is InChI=1S/C25H36N2/c1-3-5-12-19-27-20-18-26-21-24(27)25(17-4-2,22-13-8-6-9-14-22)23-15-10-7-11-16-23/h6-11,13-16,24,26H,3-5,12,17-21H2,1-2H3. The van der Waals surface area contributed by atoms with E-state index in [0.717, 1.165) is 19.6 Å². The first-order valence-corrected chi connectivity index (χ1v) is 10.9. The maximum Gasteiger partial charge on any atom is 0.0370 e. The summed E-state index contributed by atoms with van der Waals surface area (Å²) in [6.07, 6.45) is 6.28. The molecule has 1 atom stereocenters. The second-order valence-corrected chi connectivity index (χ2v) is 7.92. The molecule has 146 valence electrons. The molecule has 1 unspecified atom stereocenters. The molecular formula is C25H36N2. The Balaban J connectivity index is 2.07. The third-order valence-corrected chi connectivity index (χ3v) is 6.19.